The molecule has 1 aromatic carbocycles. The van der Waals surface area contributed by atoms with Gasteiger partial charge in [-0.1, -0.05) is 0 Å². The predicted octanol–water partition coefficient (Wildman–Crippen LogP) is 4.14. The van der Waals surface area contributed by atoms with Crippen LogP contribution in [0.3, 0.4) is 0 Å². The number of carbonyl (C=O) groups excluding carboxylic acids is 1. The molecule has 1 aromatic rings. The zero-order valence-corrected chi connectivity index (χ0v) is 10.6. The molecule has 0 saturated heterocycles. The highest BCUT2D eigenvalue weighted by molar-refractivity contribution is 8.21. The van der Waals surface area contributed by atoms with Gasteiger partial charge < -0.3 is 4.74 Å². The molecule has 6 heteroatoms. The normalized spacial score (nSPS) is 14.7. The lowest BCUT2D eigenvalue weighted by Crippen LogP contribution is -2.16. The fourth-order valence-electron chi connectivity index (χ4n) is 1.44. The molecule has 1 aliphatic rings. The number of Topliss-reactive ketones (excluding diaryl/α,β-unsaturated/α-hetero) is 1. The number of carbonyl (C=O) groups is 1. The maximum Gasteiger partial charge on any atom is 0.171 e. The lowest BCUT2D eigenvalue weighted by molar-refractivity contribution is 0.0929. The van der Waals surface area contributed by atoms with Crippen LogP contribution in [0.25, 0.3) is 0 Å². The topological polar surface area (TPSA) is 26.3 Å². The number of hydrogen-bond acceptors (Lipinski definition) is 4. The first kappa shape index (κ1) is 11.5. The molecular formula is C9H6Cl2O2S2. The fraction of sp³-hybridized carbons (Fsp3) is 0.222. The van der Waals surface area contributed by atoms with Crippen molar-refractivity contribution < 1.29 is 9.53 Å². The molecule has 1 heterocycles. The Hall–Kier alpha value is -0.0300. The Kier molecular flexibility index (Phi) is 3.72. The lowest BCUT2D eigenvalue weighted by Gasteiger charge is -2.18. The van der Waals surface area contributed by atoms with Gasteiger partial charge in [-0.15, -0.1) is 0 Å². The predicted molar refractivity (Wildman–Crippen MR) is 64.3 cm³/mol. The van der Waals surface area contributed by atoms with Gasteiger partial charge in [-0.2, -0.15) is 0 Å². The second-order valence-corrected chi connectivity index (χ2v) is 5.12. The zero-order chi connectivity index (χ0) is 10.8. The maximum atomic E-state index is 11.7. The van der Waals surface area contributed by atoms with Crippen LogP contribution in [0.15, 0.2) is 21.9 Å². The molecule has 0 aliphatic carbocycles. The van der Waals surface area contributed by atoms with Crippen LogP contribution in [0.2, 0.25) is 0 Å². The standard InChI is InChI=1S/C9H6Cl2O2S2/c10-14-5-3-7-9(8(4-5)15-11)6(12)1-2-13-7/h3-4H,1-2H2. The van der Waals surface area contributed by atoms with Crippen LogP contribution in [0.5, 0.6) is 5.75 Å². The van der Waals surface area contributed by atoms with E-state index in [0.717, 1.165) is 26.8 Å². The third kappa shape index (κ3) is 2.23. The molecular weight excluding hydrogens is 275 g/mol. The molecule has 0 unspecified atom stereocenters. The first-order valence-corrected chi connectivity index (χ1v) is 7.46. The van der Waals surface area contributed by atoms with Crippen molar-refractivity contribution in [3.8, 4) is 5.75 Å². The molecule has 0 fully saturated rings. The third-order valence-electron chi connectivity index (χ3n) is 2.08. The first-order valence-electron chi connectivity index (χ1n) is 4.17. The molecule has 0 aromatic heterocycles. The SMILES string of the molecule is O=C1CCOc2cc(SCl)cc(SCl)c21. The highest BCUT2D eigenvalue weighted by Gasteiger charge is 2.23. The monoisotopic (exact) mass is 280 g/mol. The summed E-state index contributed by atoms with van der Waals surface area (Å²) in [7, 11) is 13.5. The van der Waals surface area contributed by atoms with E-state index in [4.69, 9.17) is 26.1 Å². The highest BCUT2D eigenvalue weighted by atomic mass is 35.7. The third-order valence-corrected chi connectivity index (χ3v) is 4.01. The minimum absolute atomic E-state index is 0.0746. The maximum absolute atomic E-state index is 11.7. The van der Waals surface area contributed by atoms with Crippen LogP contribution in [0.1, 0.15) is 16.8 Å². The van der Waals surface area contributed by atoms with Gasteiger partial charge in [-0.05, 0) is 55.4 Å². The van der Waals surface area contributed by atoms with E-state index in [0.29, 0.717) is 29.2 Å². The van der Waals surface area contributed by atoms with Gasteiger partial charge in [-0.3, -0.25) is 4.79 Å². The van der Waals surface area contributed by atoms with Crippen molar-refractivity contribution in [1.29, 1.82) is 0 Å². The van der Waals surface area contributed by atoms with Crippen LogP contribution in [-0.2, 0) is 0 Å². The van der Waals surface area contributed by atoms with Crippen LogP contribution in [-0.4, -0.2) is 12.4 Å². The molecule has 0 spiro atoms. The number of hydrogen-bond donors (Lipinski definition) is 0. The van der Waals surface area contributed by atoms with Crippen molar-refractivity contribution in [1.82, 2.24) is 0 Å². The van der Waals surface area contributed by atoms with E-state index in [1.807, 2.05) is 0 Å². The number of rotatable bonds is 2. The van der Waals surface area contributed by atoms with Crippen molar-refractivity contribution in [3.05, 3.63) is 17.7 Å². The van der Waals surface area contributed by atoms with Gasteiger partial charge >= 0.3 is 0 Å². The molecule has 15 heavy (non-hydrogen) atoms. The number of fused-ring (bicyclic) bond motifs is 1. The molecule has 0 bridgehead atoms. The first-order chi connectivity index (χ1) is 7.26. The highest BCUT2D eigenvalue weighted by Crippen LogP contribution is 2.40. The van der Waals surface area contributed by atoms with Crippen LogP contribution in [0.4, 0.5) is 0 Å². The Labute approximate surface area is 105 Å². The molecule has 0 N–H and O–H groups in total. The number of ketones is 1. The fourth-order valence-corrected chi connectivity index (χ4v) is 2.92. The zero-order valence-electron chi connectivity index (χ0n) is 7.46. The van der Waals surface area contributed by atoms with Gasteiger partial charge in [-0.25, -0.2) is 0 Å². The van der Waals surface area contributed by atoms with Gasteiger partial charge in [0.25, 0.3) is 0 Å². The minimum Gasteiger partial charge on any atom is -0.492 e. The molecule has 1 aliphatic heterocycles. The van der Waals surface area contributed by atoms with E-state index in [1.54, 1.807) is 12.1 Å². The van der Waals surface area contributed by atoms with Gasteiger partial charge in [0, 0.05) is 16.2 Å². The summed E-state index contributed by atoms with van der Waals surface area (Å²) < 4.78 is 5.41. The van der Waals surface area contributed by atoms with E-state index < -0.39 is 0 Å². The average molecular weight is 281 g/mol. The number of ether oxygens (including phenoxy) is 1. The second-order valence-electron chi connectivity index (χ2n) is 2.97. The van der Waals surface area contributed by atoms with E-state index in [9.17, 15) is 4.79 Å². The van der Waals surface area contributed by atoms with E-state index in [2.05, 4.69) is 0 Å². The van der Waals surface area contributed by atoms with Gasteiger partial charge in [0.1, 0.15) is 5.75 Å². The van der Waals surface area contributed by atoms with Gasteiger partial charge in [0.15, 0.2) is 5.78 Å². The van der Waals surface area contributed by atoms with Crippen molar-refractivity contribution in [2.24, 2.45) is 0 Å². The number of benzene rings is 1. The quantitative estimate of drug-likeness (QED) is 0.813. The molecule has 80 valence electrons. The van der Waals surface area contributed by atoms with Crippen molar-refractivity contribution in [2.45, 2.75) is 16.2 Å². The second kappa shape index (κ2) is 4.87. The molecule has 0 saturated carbocycles. The summed E-state index contributed by atoms with van der Waals surface area (Å²) in [5, 5.41) is 0. The summed E-state index contributed by atoms with van der Waals surface area (Å²) in [6, 6.07) is 3.56. The molecule has 0 radical (unpaired) electrons. The summed E-state index contributed by atoms with van der Waals surface area (Å²) in [4.78, 5) is 13.2. The summed E-state index contributed by atoms with van der Waals surface area (Å²) in [5.41, 5.74) is 0.579. The summed E-state index contributed by atoms with van der Waals surface area (Å²) in [6.07, 6.45) is 0.408. The van der Waals surface area contributed by atoms with Crippen molar-refractivity contribution in [3.63, 3.8) is 0 Å². The van der Waals surface area contributed by atoms with Gasteiger partial charge in [0.05, 0.1) is 12.2 Å². The van der Waals surface area contributed by atoms with Crippen LogP contribution >= 0.6 is 43.3 Å². The Morgan fingerprint density at radius 3 is 2.73 bits per heavy atom. The minimum atomic E-state index is 0.0746. The summed E-state index contributed by atoms with van der Waals surface area (Å²) >= 11 is 0. The number of halogens is 2. The van der Waals surface area contributed by atoms with Crippen molar-refractivity contribution in [2.75, 3.05) is 6.61 Å². The Bertz CT molecular complexity index is 392. The van der Waals surface area contributed by atoms with Crippen molar-refractivity contribution >= 4 is 49.1 Å². The Morgan fingerprint density at radius 1 is 1.27 bits per heavy atom. The molecule has 0 amide bonds. The molecule has 0 atom stereocenters. The smallest absolute Gasteiger partial charge is 0.171 e. The molecule has 2 rings (SSSR count). The lowest BCUT2D eigenvalue weighted by atomic mass is 10.1. The van der Waals surface area contributed by atoms with E-state index >= 15 is 0 Å². The van der Waals surface area contributed by atoms with Gasteiger partial charge in [0.2, 0.25) is 0 Å². The van der Waals surface area contributed by atoms with Crippen LogP contribution < -0.4 is 4.74 Å². The Balaban J connectivity index is 2.57. The Morgan fingerprint density at radius 2 is 2.07 bits per heavy atom. The average Bonchev–Trinajstić information content (AvgIpc) is 2.27. The van der Waals surface area contributed by atoms with E-state index in [1.165, 1.54) is 0 Å². The largest absolute Gasteiger partial charge is 0.492 e. The summed E-state index contributed by atoms with van der Waals surface area (Å²) in [6.45, 7) is 0.425. The summed E-state index contributed by atoms with van der Waals surface area (Å²) in [5.74, 6) is 0.658. The van der Waals surface area contributed by atoms with Crippen LogP contribution in [0, 0.1) is 0 Å². The molecule has 2 nitrogen and oxygen atoms in total. The van der Waals surface area contributed by atoms with E-state index in [-0.39, 0.29) is 5.78 Å².